The molecule has 1 aromatic heterocycles. The first-order valence-electron chi connectivity index (χ1n) is 5.66. The number of nitrogens with zero attached hydrogens (tertiary/aromatic N) is 2. The van der Waals surface area contributed by atoms with Gasteiger partial charge < -0.3 is 5.73 Å². The van der Waals surface area contributed by atoms with Crippen molar-refractivity contribution < 1.29 is 0 Å². The van der Waals surface area contributed by atoms with E-state index in [1.165, 1.54) is 11.5 Å². The number of allylic oxidation sites excluding steroid dienone is 1. The molecule has 0 aliphatic carbocycles. The van der Waals surface area contributed by atoms with Gasteiger partial charge in [0.05, 0.1) is 10.6 Å². The van der Waals surface area contributed by atoms with Crippen LogP contribution < -0.4 is 5.73 Å². The Kier molecular flexibility index (Phi) is 4.62. The SMILES string of the molecule is C=CCCCC(N)c1snnc1C(C)(C)C. The third-order valence-electron chi connectivity index (χ3n) is 2.48. The van der Waals surface area contributed by atoms with Crippen LogP contribution >= 0.6 is 11.5 Å². The average Bonchev–Trinajstić information content (AvgIpc) is 2.65. The summed E-state index contributed by atoms with van der Waals surface area (Å²) in [7, 11) is 0. The van der Waals surface area contributed by atoms with Crippen molar-refractivity contribution in [2.24, 2.45) is 5.73 Å². The van der Waals surface area contributed by atoms with Gasteiger partial charge in [0.1, 0.15) is 0 Å². The summed E-state index contributed by atoms with van der Waals surface area (Å²) in [4.78, 5) is 1.14. The van der Waals surface area contributed by atoms with Gasteiger partial charge in [-0.2, -0.15) is 0 Å². The van der Waals surface area contributed by atoms with E-state index in [2.05, 4.69) is 36.9 Å². The van der Waals surface area contributed by atoms with Crippen LogP contribution in [0.4, 0.5) is 0 Å². The van der Waals surface area contributed by atoms with Gasteiger partial charge in [-0.05, 0) is 30.8 Å². The number of nitrogens with two attached hydrogens (primary N) is 1. The summed E-state index contributed by atoms with van der Waals surface area (Å²) in [6, 6.07) is 0.0641. The fourth-order valence-corrected chi connectivity index (χ4v) is 2.47. The van der Waals surface area contributed by atoms with E-state index < -0.39 is 0 Å². The summed E-state index contributed by atoms with van der Waals surface area (Å²) in [6.45, 7) is 10.1. The van der Waals surface area contributed by atoms with E-state index in [1.807, 2.05) is 6.08 Å². The Bertz CT molecular complexity index is 338. The molecule has 1 rings (SSSR count). The van der Waals surface area contributed by atoms with Gasteiger partial charge in [0.2, 0.25) is 0 Å². The molecule has 4 heteroatoms. The summed E-state index contributed by atoms with van der Waals surface area (Å²) in [6.07, 6.45) is 5.00. The molecule has 90 valence electrons. The Morgan fingerprint density at radius 1 is 1.50 bits per heavy atom. The van der Waals surface area contributed by atoms with Gasteiger partial charge in [-0.3, -0.25) is 0 Å². The van der Waals surface area contributed by atoms with Crippen LogP contribution in [0, 0.1) is 0 Å². The zero-order valence-electron chi connectivity index (χ0n) is 10.4. The maximum Gasteiger partial charge on any atom is 0.0856 e. The van der Waals surface area contributed by atoms with E-state index >= 15 is 0 Å². The molecule has 0 bridgehead atoms. The summed E-state index contributed by atoms with van der Waals surface area (Å²) >= 11 is 1.43. The lowest BCUT2D eigenvalue weighted by atomic mass is 9.89. The first-order valence-corrected chi connectivity index (χ1v) is 6.43. The van der Waals surface area contributed by atoms with Crippen molar-refractivity contribution in [1.82, 2.24) is 9.59 Å². The summed E-state index contributed by atoms with van der Waals surface area (Å²) in [5, 5.41) is 4.21. The van der Waals surface area contributed by atoms with Crippen LogP contribution in [0.25, 0.3) is 0 Å². The molecule has 1 heterocycles. The fraction of sp³-hybridized carbons (Fsp3) is 0.667. The van der Waals surface area contributed by atoms with Crippen LogP contribution in [-0.2, 0) is 5.41 Å². The quantitative estimate of drug-likeness (QED) is 0.634. The summed E-state index contributed by atoms with van der Waals surface area (Å²) in [5.41, 5.74) is 7.25. The Labute approximate surface area is 102 Å². The molecule has 0 saturated carbocycles. The van der Waals surface area contributed by atoms with Crippen LogP contribution in [0.2, 0.25) is 0 Å². The highest BCUT2D eigenvalue weighted by Crippen LogP contribution is 2.31. The van der Waals surface area contributed by atoms with Crippen molar-refractivity contribution in [2.45, 2.75) is 51.5 Å². The largest absolute Gasteiger partial charge is 0.323 e. The van der Waals surface area contributed by atoms with Crippen molar-refractivity contribution in [1.29, 1.82) is 0 Å². The molecule has 3 nitrogen and oxygen atoms in total. The van der Waals surface area contributed by atoms with Crippen LogP contribution in [0.1, 0.15) is 56.6 Å². The molecule has 2 N–H and O–H groups in total. The first-order chi connectivity index (χ1) is 7.46. The molecule has 1 atom stereocenters. The van der Waals surface area contributed by atoms with Gasteiger partial charge in [0.15, 0.2) is 0 Å². The number of hydrogen-bond donors (Lipinski definition) is 1. The third-order valence-corrected chi connectivity index (χ3v) is 3.34. The predicted molar refractivity (Wildman–Crippen MR) is 69.6 cm³/mol. The van der Waals surface area contributed by atoms with Crippen molar-refractivity contribution in [2.75, 3.05) is 0 Å². The standard InChI is InChI=1S/C12H21N3S/c1-5-6-7-8-9(13)10-11(12(2,3)4)14-15-16-10/h5,9H,1,6-8,13H2,2-4H3. The summed E-state index contributed by atoms with van der Waals surface area (Å²) < 4.78 is 4.03. The smallest absolute Gasteiger partial charge is 0.0856 e. The Morgan fingerprint density at radius 3 is 2.75 bits per heavy atom. The van der Waals surface area contributed by atoms with Gasteiger partial charge in [-0.25, -0.2) is 0 Å². The van der Waals surface area contributed by atoms with Gasteiger partial charge in [-0.1, -0.05) is 31.3 Å². The number of rotatable bonds is 5. The molecule has 0 spiro atoms. The van der Waals surface area contributed by atoms with Gasteiger partial charge in [-0.15, -0.1) is 11.7 Å². The lowest BCUT2D eigenvalue weighted by Gasteiger charge is -2.19. The van der Waals surface area contributed by atoms with Crippen molar-refractivity contribution in [3.63, 3.8) is 0 Å². The Morgan fingerprint density at radius 2 is 2.19 bits per heavy atom. The van der Waals surface area contributed by atoms with Crippen molar-refractivity contribution in [3.05, 3.63) is 23.2 Å². The minimum Gasteiger partial charge on any atom is -0.323 e. The maximum absolute atomic E-state index is 6.17. The topological polar surface area (TPSA) is 51.8 Å². The van der Waals surface area contributed by atoms with E-state index in [4.69, 9.17) is 5.73 Å². The maximum atomic E-state index is 6.17. The van der Waals surface area contributed by atoms with Crippen LogP contribution in [-0.4, -0.2) is 9.59 Å². The van der Waals surface area contributed by atoms with Crippen LogP contribution in [0.5, 0.6) is 0 Å². The van der Waals surface area contributed by atoms with Gasteiger partial charge >= 0.3 is 0 Å². The average molecular weight is 239 g/mol. The molecular formula is C12H21N3S. The van der Waals surface area contributed by atoms with Crippen LogP contribution in [0.15, 0.2) is 12.7 Å². The van der Waals surface area contributed by atoms with Crippen molar-refractivity contribution in [3.8, 4) is 0 Å². The highest BCUT2D eigenvalue weighted by atomic mass is 32.1. The fourth-order valence-electron chi connectivity index (χ4n) is 1.57. The molecule has 0 amide bonds. The molecule has 0 aliphatic rings. The molecular weight excluding hydrogens is 218 g/mol. The van der Waals surface area contributed by atoms with E-state index in [0.29, 0.717) is 0 Å². The highest BCUT2D eigenvalue weighted by molar-refractivity contribution is 7.05. The molecule has 0 radical (unpaired) electrons. The molecule has 0 aromatic carbocycles. The second-order valence-electron chi connectivity index (χ2n) is 5.06. The van der Waals surface area contributed by atoms with E-state index in [0.717, 1.165) is 29.8 Å². The number of aromatic nitrogens is 2. The third kappa shape index (κ3) is 3.39. The molecule has 1 unspecified atom stereocenters. The second kappa shape index (κ2) is 5.55. The minimum absolute atomic E-state index is 0.0262. The zero-order chi connectivity index (χ0) is 12.2. The summed E-state index contributed by atoms with van der Waals surface area (Å²) in [5.74, 6) is 0. The first kappa shape index (κ1) is 13.3. The van der Waals surface area contributed by atoms with Gasteiger partial charge in [0.25, 0.3) is 0 Å². The molecule has 0 aliphatic heterocycles. The molecule has 0 saturated heterocycles. The Balaban J connectivity index is 2.72. The highest BCUT2D eigenvalue weighted by Gasteiger charge is 2.25. The second-order valence-corrected chi connectivity index (χ2v) is 5.85. The monoisotopic (exact) mass is 239 g/mol. The molecule has 1 aromatic rings. The number of unbranched alkanes of at least 4 members (excludes halogenated alkanes) is 1. The minimum atomic E-state index is 0.0262. The lowest BCUT2D eigenvalue weighted by molar-refractivity contribution is 0.540. The zero-order valence-corrected chi connectivity index (χ0v) is 11.2. The molecule has 16 heavy (non-hydrogen) atoms. The predicted octanol–water partition coefficient (Wildman–Crippen LogP) is 3.19. The van der Waals surface area contributed by atoms with E-state index in [9.17, 15) is 0 Å². The normalized spacial score (nSPS) is 13.8. The Hall–Kier alpha value is -0.740. The van der Waals surface area contributed by atoms with E-state index in [1.54, 1.807) is 0 Å². The van der Waals surface area contributed by atoms with Crippen molar-refractivity contribution >= 4 is 11.5 Å². The lowest BCUT2D eigenvalue weighted by Crippen LogP contribution is -2.19. The van der Waals surface area contributed by atoms with Gasteiger partial charge in [0, 0.05) is 11.5 Å². The van der Waals surface area contributed by atoms with E-state index in [-0.39, 0.29) is 11.5 Å². The van der Waals surface area contributed by atoms with Crippen LogP contribution in [0.3, 0.4) is 0 Å². The number of hydrogen-bond acceptors (Lipinski definition) is 4. The molecule has 0 fully saturated rings.